The Morgan fingerprint density at radius 3 is 2.27 bits per heavy atom. The van der Waals surface area contributed by atoms with Crippen molar-refractivity contribution in [3.05, 3.63) is 0 Å². The van der Waals surface area contributed by atoms with Gasteiger partial charge >= 0.3 is 0 Å². The van der Waals surface area contributed by atoms with Crippen molar-refractivity contribution in [2.45, 2.75) is 69.7 Å². The number of halogens is 1. The zero-order valence-electron chi connectivity index (χ0n) is 13.4. The highest BCUT2D eigenvalue weighted by molar-refractivity contribution is 5.85. The van der Waals surface area contributed by atoms with Gasteiger partial charge in [0.25, 0.3) is 0 Å². The zero-order chi connectivity index (χ0) is 15.1. The normalized spacial score (nSPS) is 20.4. The molecule has 0 bridgehead atoms. The summed E-state index contributed by atoms with van der Waals surface area (Å²) in [5.74, 6) is 0.588. The fraction of sp³-hybridized carbons (Fsp3) is 0.875. The van der Waals surface area contributed by atoms with Crippen LogP contribution in [0.5, 0.6) is 0 Å². The van der Waals surface area contributed by atoms with Crippen LogP contribution in [-0.4, -0.2) is 30.4 Å². The molecule has 2 fully saturated rings. The highest BCUT2D eigenvalue weighted by Crippen LogP contribution is 2.29. The van der Waals surface area contributed by atoms with Gasteiger partial charge in [0.2, 0.25) is 11.8 Å². The van der Waals surface area contributed by atoms with Gasteiger partial charge in [-0.3, -0.25) is 9.59 Å². The Hall–Kier alpha value is -0.810. The number of hydrogen-bond donors (Lipinski definition) is 3. The molecule has 0 aromatic heterocycles. The highest BCUT2D eigenvalue weighted by Gasteiger charge is 2.33. The largest absolute Gasteiger partial charge is 0.348 e. The van der Waals surface area contributed by atoms with Gasteiger partial charge in [-0.05, 0) is 25.2 Å². The molecule has 2 aliphatic carbocycles. The van der Waals surface area contributed by atoms with E-state index in [1.165, 1.54) is 25.7 Å². The minimum Gasteiger partial charge on any atom is -0.348 e. The molecule has 0 aliphatic heterocycles. The van der Waals surface area contributed by atoms with Crippen molar-refractivity contribution in [2.75, 3.05) is 13.1 Å². The van der Waals surface area contributed by atoms with Gasteiger partial charge in [-0.2, -0.15) is 0 Å². The first-order valence-corrected chi connectivity index (χ1v) is 8.41. The van der Waals surface area contributed by atoms with E-state index < -0.39 is 0 Å². The van der Waals surface area contributed by atoms with Crippen molar-refractivity contribution >= 4 is 24.2 Å². The summed E-state index contributed by atoms with van der Waals surface area (Å²) < 4.78 is 0. The second-order valence-electron chi connectivity index (χ2n) is 6.71. The molecule has 5 nitrogen and oxygen atoms in total. The van der Waals surface area contributed by atoms with Crippen molar-refractivity contribution in [3.8, 4) is 0 Å². The minimum atomic E-state index is -0.230. The first-order chi connectivity index (χ1) is 10.1. The Morgan fingerprint density at radius 2 is 1.68 bits per heavy atom. The van der Waals surface area contributed by atoms with Crippen molar-refractivity contribution < 1.29 is 9.59 Å². The van der Waals surface area contributed by atoms with Crippen molar-refractivity contribution in [2.24, 2.45) is 11.7 Å². The molecule has 0 atom stereocenters. The standard InChI is InChI=1S/C16H29N3O2.ClH/c17-12-16(9-3-4-10-16)19-15(21)11-18-14(20)8-7-13-5-1-2-6-13;/h13H,1-12,17H2,(H,18,20)(H,19,21);1H. The summed E-state index contributed by atoms with van der Waals surface area (Å²) in [4.78, 5) is 23.7. The summed E-state index contributed by atoms with van der Waals surface area (Å²) in [6, 6.07) is 0. The van der Waals surface area contributed by atoms with E-state index in [4.69, 9.17) is 5.73 Å². The van der Waals surface area contributed by atoms with Crippen LogP contribution < -0.4 is 16.4 Å². The molecule has 128 valence electrons. The third-order valence-corrected chi connectivity index (χ3v) is 5.06. The van der Waals surface area contributed by atoms with E-state index in [-0.39, 0.29) is 36.3 Å². The molecule has 6 heteroatoms. The molecule has 0 spiro atoms. The Labute approximate surface area is 139 Å². The third kappa shape index (κ3) is 5.76. The van der Waals surface area contributed by atoms with Crippen LogP contribution >= 0.6 is 12.4 Å². The first kappa shape index (κ1) is 19.2. The lowest BCUT2D eigenvalue weighted by molar-refractivity contribution is -0.127. The Morgan fingerprint density at radius 1 is 1.05 bits per heavy atom. The number of amides is 2. The number of carbonyl (C=O) groups excluding carboxylic acids is 2. The molecular weight excluding hydrogens is 302 g/mol. The molecule has 0 radical (unpaired) electrons. The Balaban J connectivity index is 0.00000242. The molecule has 22 heavy (non-hydrogen) atoms. The SMILES string of the molecule is Cl.NCC1(NC(=O)CNC(=O)CCC2CCCC2)CCCC1. The van der Waals surface area contributed by atoms with E-state index in [1.807, 2.05) is 0 Å². The van der Waals surface area contributed by atoms with Crippen LogP contribution in [0.1, 0.15) is 64.2 Å². The van der Waals surface area contributed by atoms with Crippen molar-refractivity contribution in [1.82, 2.24) is 10.6 Å². The molecule has 0 aromatic carbocycles. The van der Waals surface area contributed by atoms with Gasteiger partial charge in [-0.25, -0.2) is 0 Å². The van der Waals surface area contributed by atoms with Gasteiger partial charge in [0, 0.05) is 13.0 Å². The van der Waals surface area contributed by atoms with Gasteiger partial charge in [-0.1, -0.05) is 38.5 Å². The van der Waals surface area contributed by atoms with E-state index in [0.717, 1.165) is 32.1 Å². The monoisotopic (exact) mass is 331 g/mol. The van der Waals surface area contributed by atoms with Crippen LogP contribution in [0.3, 0.4) is 0 Å². The number of rotatable bonds is 7. The lowest BCUT2D eigenvalue weighted by Crippen LogP contribution is -2.54. The zero-order valence-corrected chi connectivity index (χ0v) is 14.2. The fourth-order valence-corrected chi connectivity index (χ4v) is 3.67. The lowest BCUT2D eigenvalue weighted by atomic mass is 9.98. The lowest BCUT2D eigenvalue weighted by Gasteiger charge is -2.28. The second-order valence-corrected chi connectivity index (χ2v) is 6.71. The van der Waals surface area contributed by atoms with Crippen LogP contribution in [-0.2, 0) is 9.59 Å². The molecule has 2 rings (SSSR count). The van der Waals surface area contributed by atoms with Gasteiger partial charge in [-0.15, -0.1) is 12.4 Å². The first-order valence-electron chi connectivity index (χ1n) is 8.41. The molecule has 0 saturated heterocycles. The van der Waals surface area contributed by atoms with Crippen LogP contribution in [0, 0.1) is 5.92 Å². The number of nitrogens with one attached hydrogen (secondary N) is 2. The quantitative estimate of drug-likeness (QED) is 0.666. The number of carbonyl (C=O) groups is 2. The Kier molecular flexibility index (Phi) is 8.18. The Bertz CT molecular complexity index is 364. The molecule has 2 saturated carbocycles. The predicted molar refractivity (Wildman–Crippen MR) is 89.8 cm³/mol. The molecule has 4 N–H and O–H groups in total. The third-order valence-electron chi connectivity index (χ3n) is 5.06. The van der Waals surface area contributed by atoms with E-state index >= 15 is 0 Å². The molecule has 0 heterocycles. The predicted octanol–water partition coefficient (Wildman–Crippen LogP) is 1.88. The molecule has 2 amide bonds. The number of nitrogens with two attached hydrogens (primary N) is 1. The van der Waals surface area contributed by atoms with E-state index in [0.29, 0.717) is 18.9 Å². The van der Waals surface area contributed by atoms with Gasteiger partial charge < -0.3 is 16.4 Å². The topological polar surface area (TPSA) is 84.2 Å². The molecule has 0 aromatic rings. The van der Waals surface area contributed by atoms with Crippen molar-refractivity contribution in [1.29, 1.82) is 0 Å². The summed E-state index contributed by atoms with van der Waals surface area (Å²) in [5, 5.41) is 5.75. The van der Waals surface area contributed by atoms with Crippen LogP contribution in [0.2, 0.25) is 0 Å². The molecular formula is C16H30ClN3O2. The molecule has 0 unspecified atom stereocenters. The van der Waals surface area contributed by atoms with Crippen LogP contribution in [0.25, 0.3) is 0 Å². The second kappa shape index (κ2) is 9.36. The summed E-state index contributed by atoms with van der Waals surface area (Å²) in [6.07, 6.45) is 10.7. The van der Waals surface area contributed by atoms with E-state index in [1.54, 1.807) is 0 Å². The summed E-state index contributed by atoms with van der Waals surface area (Å²) in [7, 11) is 0. The van der Waals surface area contributed by atoms with Crippen LogP contribution in [0.4, 0.5) is 0 Å². The summed E-state index contributed by atoms with van der Waals surface area (Å²) >= 11 is 0. The smallest absolute Gasteiger partial charge is 0.239 e. The molecule has 2 aliphatic rings. The van der Waals surface area contributed by atoms with Crippen LogP contribution in [0.15, 0.2) is 0 Å². The van der Waals surface area contributed by atoms with Gasteiger partial charge in [0.1, 0.15) is 0 Å². The van der Waals surface area contributed by atoms with Crippen molar-refractivity contribution in [3.63, 3.8) is 0 Å². The van der Waals surface area contributed by atoms with Gasteiger partial charge in [0.05, 0.1) is 12.1 Å². The summed E-state index contributed by atoms with van der Waals surface area (Å²) in [5.41, 5.74) is 5.56. The minimum absolute atomic E-state index is 0. The average Bonchev–Trinajstić information content (AvgIpc) is 3.15. The fourth-order valence-electron chi connectivity index (χ4n) is 3.67. The van der Waals surface area contributed by atoms with Gasteiger partial charge in [0.15, 0.2) is 0 Å². The van der Waals surface area contributed by atoms with E-state index in [9.17, 15) is 9.59 Å². The van der Waals surface area contributed by atoms with E-state index in [2.05, 4.69) is 10.6 Å². The highest BCUT2D eigenvalue weighted by atomic mass is 35.5. The number of hydrogen-bond acceptors (Lipinski definition) is 3. The maximum atomic E-state index is 11.9. The maximum absolute atomic E-state index is 11.9. The maximum Gasteiger partial charge on any atom is 0.239 e. The summed E-state index contributed by atoms with van der Waals surface area (Å²) in [6.45, 7) is 0.555. The average molecular weight is 332 g/mol.